The standard InChI is InChI=1S/C28H24N2O3S/c1-17-27(34-18(2)29-17)25(31)23-24(22-14-8-12-20-11-6-7-13-21(20)22)30(28(33)26(23)32)16-15-19-9-4-3-5-10-19/h3-14,24,32H,15-16H2,1-2H3. The minimum absolute atomic E-state index is 0.126. The summed E-state index contributed by atoms with van der Waals surface area (Å²) in [5.41, 5.74) is 2.65. The van der Waals surface area contributed by atoms with Crippen LogP contribution in [0.1, 0.15) is 37.5 Å². The van der Waals surface area contributed by atoms with Gasteiger partial charge in [-0.15, -0.1) is 11.3 Å². The van der Waals surface area contributed by atoms with Gasteiger partial charge in [-0.05, 0) is 42.2 Å². The third-order valence-corrected chi connectivity index (χ3v) is 7.33. The first-order valence-electron chi connectivity index (χ1n) is 11.2. The number of rotatable bonds is 6. The van der Waals surface area contributed by atoms with Crippen LogP contribution in [0.25, 0.3) is 10.8 Å². The van der Waals surface area contributed by atoms with Gasteiger partial charge >= 0.3 is 0 Å². The molecule has 4 aromatic rings. The Kier molecular flexibility index (Phi) is 5.75. The number of hydrogen-bond donors (Lipinski definition) is 1. The van der Waals surface area contributed by atoms with Crippen LogP contribution >= 0.6 is 11.3 Å². The predicted molar refractivity (Wildman–Crippen MR) is 134 cm³/mol. The van der Waals surface area contributed by atoms with Gasteiger partial charge < -0.3 is 10.0 Å². The van der Waals surface area contributed by atoms with Crippen LogP contribution in [0, 0.1) is 13.8 Å². The van der Waals surface area contributed by atoms with E-state index in [0.717, 1.165) is 26.9 Å². The topological polar surface area (TPSA) is 70.5 Å². The predicted octanol–water partition coefficient (Wildman–Crippen LogP) is 5.73. The summed E-state index contributed by atoms with van der Waals surface area (Å²) < 4.78 is 0. The molecule has 1 aliphatic heterocycles. The van der Waals surface area contributed by atoms with Crippen molar-refractivity contribution in [3.63, 3.8) is 0 Å². The van der Waals surface area contributed by atoms with Crippen LogP contribution in [0.3, 0.4) is 0 Å². The van der Waals surface area contributed by atoms with Crippen molar-refractivity contribution >= 4 is 33.8 Å². The van der Waals surface area contributed by atoms with Crippen molar-refractivity contribution in [2.75, 3.05) is 6.54 Å². The first-order chi connectivity index (χ1) is 16.5. The second kappa shape index (κ2) is 8.88. The highest BCUT2D eigenvalue weighted by atomic mass is 32.1. The normalized spacial score (nSPS) is 16.0. The van der Waals surface area contributed by atoms with Crippen molar-refractivity contribution in [1.29, 1.82) is 0 Å². The first kappa shape index (κ1) is 22.0. The van der Waals surface area contributed by atoms with E-state index in [1.807, 2.05) is 79.7 Å². The number of thiazole rings is 1. The number of amides is 1. The molecule has 6 heteroatoms. The molecule has 1 atom stereocenters. The molecule has 2 heterocycles. The van der Waals surface area contributed by atoms with Gasteiger partial charge in [0, 0.05) is 6.54 Å². The zero-order valence-corrected chi connectivity index (χ0v) is 19.8. The molecule has 0 radical (unpaired) electrons. The Bertz CT molecular complexity index is 1430. The zero-order valence-electron chi connectivity index (χ0n) is 19.0. The summed E-state index contributed by atoms with van der Waals surface area (Å²) in [6.45, 7) is 4.00. The molecular weight excluding hydrogens is 444 g/mol. The molecule has 3 aromatic carbocycles. The summed E-state index contributed by atoms with van der Waals surface area (Å²) in [6, 6.07) is 23.0. The second-order valence-corrected chi connectivity index (χ2v) is 9.65. The molecule has 5 rings (SSSR count). The number of aromatic nitrogens is 1. The van der Waals surface area contributed by atoms with Crippen LogP contribution in [-0.2, 0) is 11.2 Å². The molecule has 1 amide bonds. The number of hydrogen-bond acceptors (Lipinski definition) is 5. The number of aliphatic hydroxyl groups is 1. The average molecular weight is 469 g/mol. The first-order valence-corrected chi connectivity index (χ1v) is 12.0. The molecule has 1 unspecified atom stereocenters. The fraction of sp³-hybridized carbons (Fsp3) is 0.179. The molecule has 1 N–H and O–H groups in total. The summed E-state index contributed by atoms with van der Waals surface area (Å²) in [7, 11) is 0. The third-order valence-electron chi connectivity index (χ3n) is 6.26. The van der Waals surface area contributed by atoms with Gasteiger partial charge in [-0.25, -0.2) is 4.98 Å². The number of benzene rings is 3. The Morgan fingerprint density at radius 3 is 2.44 bits per heavy atom. The lowest BCUT2D eigenvalue weighted by Crippen LogP contribution is -2.33. The Balaban J connectivity index is 1.63. The van der Waals surface area contributed by atoms with E-state index in [2.05, 4.69) is 4.98 Å². The molecule has 0 aliphatic carbocycles. The van der Waals surface area contributed by atoms with Gasteiger partial charge in [0.1, 0.15) is 0 Å². The maximum atomic E-state index is 13.8. The lowest BCUT2D eigenvalue weighted by Gasteiger charge is -2.28. The van der Waals surface area contributed by atoms with Gasteiger partial charge in [-0.2, -0.15) is 0 Å². The maximum absolute atomic E-state index is 13.8. The number of aryl methyl sites for hydroxylation is 2. The van der Waals surface area contributed by atoms with Crippen LogP contribution in [0.4, 0.5) is 0 Å². The fourth-order valence-electron chi connectivity index (χ4n) is 4.69. The average Bonchev–Trinajstić information content (AvgIpc) is 3.32. The van der Waals surface area contributed by atoms with Crippen molar-refractivity contribution in [2.24, 2.45) is 0 Å². The molecule has 0 fully saturated rings. The van der Waals surface area contributed by atoms with E-state index >= 15 is 0 Å². The van der Waals surface area contributed by atoms with Crippen molar-refractivity contribution in [1.82, 2.24) is 9.88 Å². The van der Waals surface area contributed by atoms with Crippen LogP contribution in [0.2, 0.25) is 0 Å². The summed E-state index contributed by atoms with van der Waals surface area (Å²) in [4.78, 5) is 33.6. The Hall–Kier alpha value is -3.77. The Morgan fingerprint density at radius 1 is 1.00 bits per heavy atom. The molecule has 5 nitrogen and oxygen atoms in total. The SMILES string of the molecule is Cc1nc(C)c(C(=O)C2=C(O)C(=O)N(CCc3ccccc3)C2c2cccc3ccccc23)s1. The van der Waals surface area contributed by atoms with E-state index in [0.29, 0.717) is 23.5 Å². The van der Waals surface area contributed by atoms with Crippen LogP contribution < -0.4 is 0 Å². The molecule has 0 bridgehead atoms. The molecular formula is C28H24N2O3S. The van der Waals surface area contributed by atoms with Crippen molar-refractivity contribution in [3.05, 3.63) is 111 Å². The van der Waals surface area contributed by atoms with Gasteiger partial charge in [0.05, 0.1) is 27.2 Å². The molecule has 0 spiro atoms. The highest BCUT2D eigenvalue weighted by Gasteiger charge is 2.44. The quantitative estimate of drug-likeness (QED) is 0.367. The van der Waals surface area contributed by atoms with E-state index in [4.69, 9.17) is 0 Å². The Morgan fingerprint density at radius 2 is 1.71 bits per heavy atom. The summed E-state index contributed by atoms with van der Waals surface area (Å²) >= 11 is 1.29. The van der Waals surface area contributed by atoms with Gasteiger partial charge in [0.15, 0.2) is 5.76 Å². The van der Waals surface area contributed by atoms with E-state index in [9.17, 15) is 14.7 Å². The Labute approximate surface area is 202 Å². The minimum atomic E-state index is -0.684. The number of nitrogens with zero attached hydrogens (tertiary/aromatic N) is 2. The fourth-order valence-corrected chi connectivity index (χ4v) is 5.56. The number of carbonyl (C=O) groups excluding carboxylic acids is 2. The molecule has 34 heavy (non-hydrogen) atoms. The third kappa shape index (κ3) is 3.80. The van der Waals surface area contributed by atoms with Crippen molar-refractivity contribution in [2.45, 2.75) is 26.3 Å². The molecule has 170 valence electrons. The summed E-state index contributed by atoms with van der Waals surface area (Å²) in [5, 5.41) is 13.7. The van der Waals surface area contributed by atoms with Gasteiger partial charge in [-0.1, -0.05) is 72.8 Å². The number of Topliss-reactive ketones (excluding diaryl/α,β-unsaturated/α-hetero) is 1. The highest BCUT2D eigenvalue weighted by Crippen LogP contribution is 2.42. The monoisotopic (exact) mass is 468 g/mol. The van der Waals surface area contributed by atoms with Crippen molar-refractivity contribution < 1.29 is 14.7 Å². The summed E-state index contributed by atoms with van der Waals surface area (Å²) in [6.07, 6.45) is 0.612. The maximum Gasteiger partial charge on any atom is 0.290 e. The van der Waals surface area contributed by atoms with Crippen molar-refractivity contribution in [3.8, 4) is 0 Å². The largest absolute Gasteiger partial charge is 0.503 e. The van der Waals surface area contributed by atoms with Crippen LogP contribution in [-0.4, -0.2) is 33.2 Å². The number of aliphatic hydroxyl groups excluding tert-OH is 1. The summed E-state index contributed by atoms with van der Waals surface area (Å²) in [5.74, 6) is -1.33. The van der Waals surface area contributed by atoms with E-state index in [1.165, 1.54) is 11.3 Å². The number of ketones is 1. The zero-order chi connectivity index (χ0) is 23.8. The van der Waals surface area contributed by atoms with E-state index < -0.39 is 17.7 Å². The van der Waals surface area contributed by atoms with E-state index in [-0.39, 0.29) is 11.4 Å². The second-order valence-electron chi connectivity index (χ2n) is 8.44. The molecule has 1 aliphatic rings. The van der Waals surface area contributed by atoms with Crippen LogP contribution in [0.15, 0.2) is 84.1 Å². The highest BCUT2D eigenvalue weighted by molar-refractivity contribution is 7.14. The number of fused-ring (bicyclic) bond motifs is 1. The van der Waals surface area contributed by atoms with Crippen LogP contribution in [0.5, 0.6) is 0 Å². The molecule has 1 aromatic heterocycles. The molecule has 0 saturated carbocycles. The van der Waals surface area contributed by atoms with Gasteiger partial charge in [0.25, 0.3) is 5.91 Å². The van der Waals surface area contributed by atoms with Gasteiger partial charge in [-0.3, -0.25) is 9.59 Å². The van der Waals surface area contributed by atoms with E-state index in [1.54, 1.807) is 11.8 Å². The smallest absolute Gasteiger partial charge is 0.290 e. The van der Waals surface area contributed by atoms with Gasteiger partial charge in [0.2, 0.25) is 5.78 Å². The minimum Gasteiger partial charge on any atom is -0.503 e. The lowest BCUT2D eigenvalue weighted by atomic mass is 9.91. The molecule has 0 saturated heterocycles. The lowest BCUT2D eigenvalue weighted by molar-refractivity contribution is -0.129. The number of carbonyl (C=O) groups is 2.